The van der Waals surface area contributed by atoms with E-state index in [1.165, 1.54) is 49.2 Å². The van der Waals surface area contributed by atoms with E-state index in [0.29, 0.717) is 5.95 Å². The molecule has 0 atom stereocenters. The second-order valence-corrected chi connectivity index (χ2v) is 9.71. The normalized spacial score (nSPS) is 22.5. The fourth-order valence-electron chi connectivity index (χ4n) is 5.68. The molecule has 1 aliphatic carbocycles. The summed E-state index contributed by atoms with van der Waals surface area (Å²) in [5, 5.41) is 3.34. The lowest BCUT2D eigenvalue weighted by atomic mass is 9.80. The molecule has 0 aromatic carbocycles. The maximum Gasteiger partial charge on any atom is 0.230 e. The molecule has 32 heavy (non-hydrogen) atoms. The molecule has 0 bridgehead atoms. The van der Waals surface area contributed by atoms with Crippen LogP contribution in [0.5, 0.6) is 0 Å². The van der Waals surface area contributed by atoms with Gasteiger partial charge in [-0.05, 0) is 38.4 Å². The number of hydrogen-bond acceptors (Lipinski definition) is 8. The van der Waals surface area contributed by atoms with Crippen LogP contribution in [0.2, 0.25) is 0 Å². The summed E-state index contributed by atoms with van der Waals surface area (Å²) < 4.78 is 0. The zero-order valence-corrected chi connectivity index (χ0v) is 18.9. The van der Waals surface area contributed by atoms with Gasteiger partial charge in [0.2, 0.25) is 5.95 Å². The third kappa shape index (κ3) is 3.50. The Morgan fingerprint density at radius 2 is 1.78 bits per heavy atom. The Morgan fingerprint density at radius 3 is 2.56 bits per heavy atom. The van der Waals surface area contributed by atoms with Crippen molar-refractivity contribution in [3.05, 3.63) is 30.1 Å². The van der Waals surface area contributed by atoms with Gasteiger partial charge in [-0.15, -0.1) is 0 Å². The fourth-order valence-corrected chi connectivity index (χ4v) is 5.68. The van der Waals surface area contributed by atoms with Gasteiger partial charge in [-0.25, -0.2) is 9.97 Å². The van der Waals surface area contributed by atoms with Crippen molar-refractivity contribution in [1.29, 1.82) is 0 Å². The average Bonchev–Trinajstić information content (AvgIpc) is 3.19. The van der Waals surface area contributed by atoms with Gasteiger partial charge in [0, 0.05) is 44.4 Å². The van der Waals surface area contributed by atoms with E-state index < -0.39 is 0 Å². The van der Waals surface area contributed by atoms with E-state index in [-0.39, 0.29) is 5.54 Å². The van der Waals surface area contributed by atoms with Gasteiger partial charge in [-0.2, -0.15) is 4.98 Å². The average molecular weight is 433 g/mol. The lowest BCUT2D eigenvalue weighted by Gasteiger charge is -2.44. The fraction of sp³-hybridized carbons (Fsp3) is 0.583. The zero-order valence-electron chi connectivity index (χ0n) is 18.9. The van der Waals surface area contributed by atoms with Gasteiger partial charge in [0.05, 0.1) is 24.0 Å². The molecule has 1 saturated carbocycles. The Morgan fingerprint density at radius 1 is 0.938 bits per heavy atom. The van der Waals surface area contributed by atoms with E-state index in [0.717, 1.165) is 57.2 Å². The first-order valence-corrected chi connectivity index (χ1v) is 12.1. The molecule has 0 radical (unpaired) electrons. The predicted octanol–water partition coefficient (Wildman–Crippen LogP) is 3.23. The molecule has 1 saturated heterocycles. The van der Waals surface area contributed by atoms with E-state index in [1.54, 1.807) is 0 Å². The van der Waals surface area contributed by atoms with Crippen molar-refractivity contribution in [2.45, 2.75) is 50.5 Å². The van der Waals surface area contributed by atoms with E-state index in [9.17, 15) is 0 Å². The van der Waals surface area contributed by atoms with Crippen molar-refractivity contribution in [1.82, 2.24) is 19.9 Å². The first-order valence-electron chi connectivity index (χ1n) is 12.1. The first kappa shape index (κ1) is 19.9. The van der Waals surface area contributed by atoms with E-state index in [2.05, 4.69) is 43.1 Å². The van der Waals surface area contributed by atoms with Crippen LogP contribution in [0.1, 0.15) is 44.1 Å². The van der Waals surface area contributed by atoms with Gasteiger partial charge < -0.3 is 20.0 Å². The van der Waals surface area contributed by atoms with Gasteiger partial charge in [0.25, 0.3) is 0 Å². The van der Waals surface area contributed by atoms with Crippen LogP contribution in [0.4, 0.5) is 23.3 Å². The number of anilines is 4. The summed E-state index contributed by atoms with van der Waals surface area (Å²) in [7, 11) is 2.17. The van der Waals surface area contributed by atoms with Crippen LogP contribution in [0.3, 0.4) is 0 Å². The second kappa shape index (κ2) is 7.99. The number of aliphatic imine (C=N–C) groups is 1. The standard InChI is InChI=1S/C24H32N8/c1-30-11-13-31(14-12-30)19-6-7-20(25-16-19)28-23-26-15-18-5-8-21-27-17-24(9-3-2-4-10-24)32(21)22(18)29-23/h6-7,15-16H,2-5,8-14,17H2,1H3,(H,25,26,28,29). The lowest BCUT2D eigenvalue weighted by molar-refractivity contribution is 0.313. The van der Waals surface area contributed by atoms with E-state index >= 15 is 0 Å². The molecule has 2 fully saturated rings. The Kier molecular flexibility index (Phi) is 4.97. The topological polar surface area (TPSA) is 72.8 Å². The van der Waals surface area contributed by atoms with Crippen molar-refractivity contribution < 1.29 is 0 Å². The molecule has 2 aromatic rings. The highest BCUT2D eigenvalue weighted by Crippen LogP contribution is 2.43. The maximum atomic E-state index is 4.99. The van der Waals surface area contributed by atoms with Gasteiger partial charge in [-0.1, -0.05) is 19.3 Å². The minimum Gasteiger partial charge on any atom is -0.368 e. The number of nitrogens with zero attached hydrogens (tertiary/aromatic N) is 7. The van der Waals surface area contributed by atoms with Crippen molar-refractivity contribution >= 4 is 29.1 Å². The van der Waals surface area contributed by atoms with Crippen molar-refractivity contribution in [3.63, 3.8) is 0 Å². The van der Waals surface area contributed by atoms with Crippen LogP contribution in [0.15, 0.2) is 29.5 Å². The lowest BCUT2D eigenvalue weighted by Crippen LogP contribution is -2.53. The number of aromatic nitrogens is 3. The maximum absolute atomic E-state index is 4.99. The third-order valence-electron chi connectivity index (χ3n) is 7.60. The van der Waals surface area contributed by atoms with Crippen LogP contribution < -0.4 is 15.1 Å². The number of hydrogen-bond donors (Lipinski definition) is 1. The number of aryl methyl sites for hydroxylation is 1. The van der Waals surface area contributed by atoms with Crippen LogP contribution >= 0.6 is 0 Å². The molecule has 2 aromatic heterocycles. The van der Waals surface area contributed by atoms with Crippen molar-refractivity contribution in [2.75, 3.05) is 54.9 Å². The monoisotopic (exact) mass is 432 g/mol. The number of piperazine rings is 1. The summed E-state index contributed by atoms with van der Waals surface area (Å²) in [5.74, 6) is 3.67. The molecule has 8 heteroatoms. The predicted molar refractivity (Wildman–Crippen MR) is 128 cm³/mol. The van der Waals surface area contributed by atoms with E-state index in [4.69, 9.17) is 9.98 Å². The molecular formula is C24H32N8. The minimum atomic E-state index is 0.136. The number of nitrogens with one attached hydrogen (secondary N) is 1. The first-order chi connectivity index (χ1) is 15.7. The smallest absolute Gasteiger partial charge is 0.230 e. The molecule has 8 nitrogen and oxygen atoms in total. The summed E-state index contributed by atoms with van der Waals surface area (Å²) in [6.07, 6.45) is 12.2. The van der Waals surface area contributed by atoms with Gasteiger partial charge in [-0.3, -0.25) is 4.99 Å². The summed E-state index contributed by atoms with van der Waals surface area (Å²) in [5.41, 5.74) is 2.54. The van der Waals surface area contributed by atoms with Crippen LogP contribution in [-0.2, 0) is 6.42 Å². The molecule has 0 amide bonds. The van der Waals surface area contributed by atoms with Crippen molar-refractivity contribution in [3.8, 4) is 0 Å². The highest BCUT2D eigenvalue weighted by atomic mass is 15.4. The van der Waals surface area contributed by atoms with E-state index in [1.807, 2.05) is 18.5 Å². The van der Waals surface area contributed by atoms with Gasteiger partial charge >= 0.3 is 0 Å². The van der Waals surface area contributed by atoms with Crippen LogP contribution in [0, 0.1) is 0 Å². The molecule has 6 rings (SSSR count). The molecule has 3 aliphatic heterocycles. The Bertz CT molecular complexity index is 1000. The quantitative estimate of drug-likeness (QED) is 0.798. The summed E-state index contributed by atoms with van der Waals surface area (Å²) >= 11 is 0. The second-order valence-electron chi connectivity index (χ2n) is 9.71. The Hall–Kier alpha value is -2.74. The minimum absolute atomic E-state index is 0.136. The highest BCUT2D eigenvalue weighted by Gasteiger charge is 2.46. The number of rotatable bonds is 3. The SMILES string of the molecule is CN1CCN(c2ccc(Nc3ncc4c(n3)N3C(=NCC35CCCCC5)CC4)nc2)CC1. The largest absolute Gasteiger partial charge is 0.368 e. The van der Waals surface area contributed by atoms with Crippen LogP contribution in [0.25, 0.3) is 0 Å². The molecule has 1 N–H and O–H groups in total. The van der Waals surface area contributed by atoms with Gasteiger partial charge in [0.15, 0.2) is 0 Å². The number of fused-ring (bicyclic) bond motifs is 4. The molecule has 168 valence electrons. The summed E-state index contributed by atoms with van der Waals surface area (Å²) in [4.78, 5) is 26.4. The number of amidine groups is 1. The van der Waals surface area contributed by atoms with Gasteiger partial charge in [0.1, 0.15) is 17.5 Å². The summed E-state index contributed by atoms with van der Waals surface area (Å²) in [6.45, 7) is 5.18. The third-order valence-corrected chi connectivity index (χ3v) is 7.60. The number of pyridine rings is 1. The Balaban J connectivity index is 1.22. The summed E-state index contributed by atoms with van der Waals surface area (Å²) in [6, 6.07) is 4.17. The molecule has 0 unspecified atom stereocenters. The van der Waals surface area contributed by atoms with Crippen molar-refractivity contribution in [2.24, 2.45) is 4.99 Å². The molecule has 1 spiro atoms. The van der Waals surface area contributed by atoms with Crippen LogP contribution in [-0.4, -0.2) is 71.0 Å². The highest BCUT2D eigenvalue weighted by molar-refractivity contribution is 6.02. The zero-order chi connectivity index (χ0) is 21.5. The molecule has 4 aliphatic rings. The Labute approximate surface area is 189 Å². The number of likely N-dealkylation sites (N-methyl/N-ethyl adjacent to an activating group) is 1. The molecule has 5 heterocycles. The molecular weight excluding hydrogens is 400 g/mol.